The predicted octanol–water partition coefficient (Wildman–Crippen LogP) is 5.79. The monoisotopic (exact) mass is 372 g/mol. The highest BCUT2D eigenvalue weighted by molar-refractivity contribution is 9.10. The van der Waals surface area contributed by atoms with E-state index in [1.54, 1.807) is 11.3 Å². The lowest BCUT2D eigenvalue weighted by Gasteiger charge is -2.20. The third-order valence-corrected chi connectivity index (χ3v) is 5.67. The Morgan fingerprint density at radius 1 is 1.32 bits per heavy atom. The van der Waals surface area contributed by atoms with Crippen LogP contribution in [0.4, 0.5) is 5.69 Å². The molecule has 0 aliphatic carbocycles. The predicted molar refractivity (Wildman–Crippen MR) is 101 cm³/mol. The van der Waals surface area contributed by atoms with E-state index in [1.807, 2.05) is 6.08 Å². The molecule has 1 unspecified atom stereocenters. The number of thiophene rings is 1. The van der Waals surface area contributed by atoms with Crippen LogP contribution in [0.5, 0.6) is 0 Å². The summed E-state index contributed by atoms with van der Waals surface area (Å²) in [5, 5.41) is 2.11. The highest BCUT2D eigenvalue weighted by Crippen LogP contribution is 2.43. The number of hydrogen-bond acceptors (Lipinski definition) is 1. The van der Waals surface area contributed by atoms with E-state index < -0.39 is 0 Å². The molecule has 0 saturated carbocycles. The van der Waals surface area contributed by atoms with Crippen molar-refractivity contribution >= 4 is 44.7 Å². The topological polar surface area (TPSA) is 3.01 Å². The Balaban J connectivity index is 2.11. The SMILES string of the molecule is C=CCC1(C)C(/C=C/c2cccs2)=[N+](C)c2ccc(Br)cc21. The van der Waals surface area contributed by atoms with Gasteiger partial charge in [0.15, 0.2) is 5.71 Å². The summed E-state index contributed by atoms with van der Waals surface area (Å²) in [7, 11) is 2.15. The van der Waals surface area contributed by atoms with Crippen molar-refractivity contribution in [3.05, 3.63) is 69.4 Å². The molecule has 0 fully saturated rings. The minimum Gasteiger partial charge on any atom is -0.198 e. The first-order chi connectivity index (χ1) is 10.6. The second-order valence-corrected chi connectivity index (χ2v) is 7.67. The van der Waals surface area contributed by atoms with Crippen LogP contribution in [0.25, 0.3) is 6.08 Å². The van der Waals surface area contributed by atoms with E-state index in [-0.39, 0.29) is 5.41 Å². The van der Waals surface area contributed by atoms with E-state index >= 15 is 0 Å². The quantitative estimate of drug-likeness (QED) is 0.472. The lowest BCUT2D eigenvalue weighted by Crippen LogP contribution is -2.29. The highest BCUT2D eigenvalue weighted by Gasteiger charge is 2.45. The van der Waals surface area contributed by atoms with E-state index in [1.165, 1.54) is 21.8 Å². The van der Waals surface area contributed by atoms with E-state index in [0.29, 0.717) is 0 Å². The van der Waals surface area contributed by atoms with Crippen molar-refractivity contribution in [3.8, 4) is 0 Å². The molecule has 1 nitrogen and oxygen atoms in total. The standard InChI is InChI=1S/C19H19BrNS/c1-4-11-19(2)16-13-14(20)7-9-17(16)21(3)18(19)10-8-15-6-5-12-22-15/h4-10,12-13H,1,11H2,2-3H3/q+1/b10-8+. The molecule has 0 amide bonds. The molecule has 112 valence electrons. The summed E-state index contributed by atoms with van der Waals surface area (Å²) in [6.07, 6.45) is 7.40. The van der Waals surface area contributed by atoms with Gasteiger partial charge in [-0.15, -0.1) is 17.9 Å². The Kier molecular flexibility index (Phi) is 4.20. The maximum Gasteiger partial charge on any atom is 0.209 e. The lowest BCUT2D eigenvalue weighted by atomic mass is 9.76. The summed E-state index contributed by atoms with van der Waals surface area (Å²) in [4.78, 5) is 1.28. The molecule has 22 heavy (non-hydrogen) atoms. The summed E-state index contributed by atoms with van der Waals surface area (Å²) in [5.41, 5.74) is 3.91. The lowest BCUT2D eigenvalue weighted by molar-refractivity contribution is -0.401. The van der Waals surface area contributed by atoms with E-state index in [9.17, 15) is 0 Å². The summed E-state index contributed by atoms with van der Waals surface area (Å²) in [5.74, 6) is 0. The average Bonchev–Trinajstić information content (AvgIpc) is 3.06. The third kappa shape index (κ3) is 2.53. The van der Waals surface area contributed by atoms with Crippen LogP contribution >= 0.6 is 27.3 Å². The molecule has 3 rings (SSSR count). The van der Waals surface area contributed by atoms with Gasteiger partial charge >= 0.3 is 0 Å². The number of nitrogens with zero attached hydrogens (tertiary/aromatic N) is 1. The van der Waals surface area contributed by atoms with Crippen molar-refractivity contribution in [2.24, 2.45) is 0 Å². The van der Waals surface area contributed by atoms with Crippen molar-refractivity contribution < 1.29 is 4.58 Å². The zero-order chi connectivity index (χ0) is 15.7. The molecule has 0 N–H and O–H groups in total. The smallest absolute Gasteiger partial charge is 0.198 e. The molecule has 0 spiro atoms. The minimum atomic E-state index is -0.0383. The fourth-order valence-electron chi connectivity index (χ4n) is 3.23. The molecular weight excluding hydrogens is 354 g/mol. The molecule has 1 aliphatic rings. The molecular formula is C19H19BrNS+. The van der Waals surface area contributed by atoms with Gasteiger partial charge in [0.25, 0.3) is 0 Å². The van der Waals surface area contributed by atoms with Crippen LogP contribution in [-0.2, 0) is 5.41 Å². The van der Waals surface area contributed by atoms with Gasteiger partial charge in [-0.3, -0.25) is 0 Å². The first-order valence-corrected chi connectivity index (χ1v) is 8.97. The van der Waals surface area contributed by atoms with Crippen LogP contribution in [0.2, 0.25) is 0 Å². The zero-order valence-electron chi connectivity index (χ0n) is 12.8. The third-order valence-electron chi connectivity index (χ3n) is 4.34. The van der Waals surface area contributed by atoms with Crippen molar-refractivity contribution in [2.45, 2.75) is 18.8 Å². The summed E-state index contributed by atoms with van der Waals surface area (Å²) in [6.45, 7) is 6.27. The van der Waals surface area contributed by atoms with Gasteiger partial charge in [-0.2, -0.15) is 4.58 Å². The number of fused-ring (bicyclic) bond motifs is 1. The van der Waals surface area contributed by atoms with Crippen molar-refractivity contribution in [2.75, 3.05) is 7.05 Å². The Morgan fingerprint density at radius 3 is 2.82 bits per heavy atom. The number of halogens is 1. The number of rotatable bonds is 4. The van der Waals surface area contributed by atoms with E-state index in [4.69, 9.17) is 0 Å². The molecule has 1 atom stereocenters. The average molecular weight is 373 g/mol. The summed E-state index contributed by atoms with van der Waals surface area (Å²) < 4.78 is 3.42. The van der Waals surface area contributed by atoms with Gasteiger partial charge in [-0.05, 0) is 43.0 Å². The molecule has 2 heterocycles. The Bertz CT molecular complexity index is 771. The molecule has 2 aromatic rings. The molecule has 1 aliphatic heterocycles. The molecule has 1 aromatic heterocycles. The molecule has 1 aromatic carbocycles. The van der Waals surface area contributed by atoms with Crippen LogP contribution < -0.4 is 0 Å². The highest BCUT2D eigenvalue weighted by atomic mass is 79.9. The summed E-state index contributed by atoms with van der Waals surface area (Å²) >= 11 is 5.37. The molecule has 0 bridgehead atoms. The first-order valence-electron chi connectivity index (χ1n) is 7.30. The number of hydrogen-bond donors (Lipinski definition) is 0. The second kappa shape index (κ2) is 5.98. The second-order valence-electron chi connectivity index (χ2n) is 5.78. The fraction of sp³-hybridized carbons (Fsp3) is 0.211. The van der Waals surface area contributed by atoms with E-state index in [0.717, 1.165) is 10.9 Å². The number of benzene rings is 1. The molecule has 0 saturated heterocycles. The Hall–Kier alpha value is -1.45. The van der Waals surface area contributed by atoms with Crippen LogP contribution in [0.1, 0.15) is 23.8 Å². The number of allylic oxidation sites excluding steroid dienone is 2. The van der Waals surface area contributed by atoms with Gasteiger partial charge in [0.1, 0.15) is 7.05 Å². The van der Waals surface area contributed by atoms with Gasteiger partial charge in [0.05, 0.1) is 5.41 Å². The first kappa shape index (κ1) is 15.4. The van der Waals surface area contributed by atoms with Crippen molar-refractivity contribution in [1.82, 2.24) is 0 Å². The van der Waals surface area contributed by atoms with Crippen LogP contribution in [0.15, 0.2) is 58.9 Å². The van der Waals surface area contributed by atoms with Gasteiger partial charge in [-0.1, -0.05) is 28.1 Å². The van der Waals surface area contributed by atoms with Gasteiger partial charge in [0.2, 0.25) is 5.69 Å². The summed E-state index contributed by atoms with van der Waals surface area (Å²) in [6, 6.07) is 10.8. The van der Waals surface area contributed by atoms with Gasteiger partial charge in [-0.25, -0.2) is 0 Å². The molecule has 3 heteroatoms. The van der Waals surface area contributed by atoms with Crippen LogP contribution in [-0.4, -0.2) is 17.3 Å². The molecule has 0 radical (unpaired) electrons. The van der Waals surface area contributed by atoms with Crippen molar-refractivity contribution in [3.63, 3.8) is 0 Å². The van der Waals surface area contributed by atoms with E-state index in [2.05, 4.69) is 88.9 Å². The maximum atomic E-state index is 3.97. The zero-order valence-corrected chi connectivity index (χ0v) is 15.2. The Labute approximate surface area is 144 Å². The minimum absolute atomic E-state index is 0.0383. The largest absolute Gasteiger partial charge is 0.209 e. The maximum absolute atomic E-state index is 3.97. The van der Waals surface area contributed by atoms with Crippen molar-refractivity contribution in [1.29, 1.82) is 0 Å². The van der Waals surface area contributed by atoms with Crippen LogP contribution in [0, 0.1) is 0 Å². The normalized spacial score (nSPS) is 20.7. The van der Waals surface area contributed by atoms with Crippen LogP contribution in [0.3, 0.4) is 0 Å². The van der Waals surface area contributed by atoms with Gasteiger partial charge in [0, 0.05) is 27.1 Å². The Morgan fingerprint density at radius 2 is 2.14 bits per heavy atom. The van der Waals surface area contributed by atoms with Gasteiger partial charge < -0.3 is 0 Å². The fourth-order valence-corrected chi connectivity index (χ4v) is 4.21.